The molecule has 0 fully saturated rings. The molecular weight excluding hydrogens is 985 g/mol. The van der Waals surface area contributed by atoms with Gasteiger partial charge in [0.1, 0.15) is 13.2 Å². The molecule has 0 aliphatic carbocycles. The van der Waals surface area contributed by atoms with Crippen molar-refractivity contribution in [1.29, 1.82) is 0 Å². The Morgan fingerprint density at radius 2 is 0.487 bits per heavy atom. The lowest BCUT2D eigenvalue weighted by Gasteiger charge is -2.18. The fourth-order valence-corrected chi connectivity index (χ4v) is 9.45. The molecule has 0 aliphatic rings. The average molecular weight is 1110 g/mol. The van der Waals surface area contributed by atoms with E-state index < -0.39 is 6.10 Å². The normalized spacial score (nSPS) is 12.8. The van der Waals surface area contributed by atoms with E-state index in [-0.39, 0.29) is 31.1 Å². The third-order valence-corrected chi connectivity index (χ3v) is 14.5. The number of allylic oxidation sites excluding steroid dienone is 18. The van der Waals surface area contributed by atoms with Crippen molar-refractivity contribution in [3.8, 4) is 0 Å². The average Bonchev–Trinajstić information content (AvgIpc) is 3.46. The minimum Gasteiger partial charge on any atom is -0.462 e. The first-order chi connectivity index (χ1) is 39.5. The Balaban J connectivity index is 4.10. The van der Waals surface area contributed by atoms with Gasteiger partial charge in [0, 0.05) is 19.3 Å². The van der Waals surface area contributed by atoms with Crippen LogP contribution < -0.4 is 0 Å². The van der Waals surface area contributed by atoms with E-state index in [2.05, 4.69) is 130 Å². The Morgan fingerprint density at radius 3 is 0.762 bits per heavy atom. The maximum atomic E-state index is 12.9. The predicted octanol–water partition coefficient (Wildman–Crippen LogP) is 23.4. The lowest BCUT2D eigenvalue weighted by molar-refractivity contribution is -0.167. The molecule has 1 atom stereocenters. The number of unbranched alkanes of at least 4 members (excludes halogenated alkanes) is 32. The summed E-state index contributed by atoms with van der Waals surface area (Å²) < 4.78 is 16.8. The lowest BCUT2D eigenvalue weighted by atomic mass is 10.0. The number of rotatable bonds is 61. The lowest BCUT2D eigenvalue weighted by Crippen LogP contribution is -2.30. The van der Waals surface area contributed by atoms with Crippen LogP contribution in [0.2, 0.25) is 0 Å². The highest BCUT2D eigenvalue weighted by molar-refractivity contribution is 5.71. The van der Waals surface area contributed by atoms with Crippen molar-refractivity contribution >= 4 is 17.9 Å². The van der Waals surface area contributed by atoms with E-state index in [4.69, 9.17) is 14.2 Å². The summed E-state index contributed by atoms with van der Waals surface area (Å²) in [6.07, 6.45) is 92.8. The van der Waals surface area contributed by atoms with Crippen LogP contribution in [0, 0.1) is 0 Å². The van der Waals surface area contributed by atoms with E-state index >= 15 is 0 Å². The van der Waals surface area contributed by atoms with Crippen LogP contribution in [0.3, 0.4) is 0 Å². The summed E-state index contributed by atoms with van der Waals surface area (Å²) in [7, 11) is 0. The van der Waals surface area contributed by atoms with Gasteiger partial charge in [0.25, 0.3) is 0 Å². The monoisotopic (exact) mass is 1110 g/mol. The largest absolute Gasteiger partial charge is 0.462 e. The molecule has 0 spiro atoms. The molecular formula is C74H126O6. The SMILES string of the molecule is CC/C=C\C/C=C\C/C=C\C/C=C\C/C=C\C/C=C\C/C=C\CCCCCCCCCC(=O)OCC(COC(=O)CCCCCCCC)OC(=O)CCCCCCCCCCCCCCCCC/C=C\C/C=C\CCCCCCC. The topological polar surface area (TPSA) is 78.9 Å². The standard InChI is InChI=1S/C74H126O6/c1-4-7-10-13-16-18-20-22-24-26-28-30-32-34-36-37-39-40-42-44-46-48-50-52-54-56-58-61-64-67-73(76)79-70-71(69-78-72(75)66-63-60-15-12-9-6-3)80-74(77)68-65-62-59-57-55-53-51-49-47-45-43-41-38-35-33-31-29-27-25-23-21-19-17-14-11-8-5-2/h7,10,16,18,21-24,27-30,34,36,39-40,44,46,71H,4-6,8-9,11-15,17,19-20,25-26,31-33,35,37-38,41-43,45,47-70H2,1-3H3/b10-7-,18-16-,23-21-,24-22-,29-27-,30-28-,36-34-,40-39-,46-44-. The van der Waals surface area contributed by atoms with Crippen LogP contribution in [-0.4, -0.2) is 37.2 Å². The predicted molar refractivity (Wildman–Crippen MR) is 348 cm³/mol. The van der Waals surface area contributed by atoms with Crippen LogP contribution in [0.1, 0.15) is 323 Å². The number of hydrogen-bond donors (Lipinski definition) is 0. The molecule has 0 aromatic carbocycles. The second-order valence-electron chi connectivity index (χ2n) is 22.4. The minimum atomic E-state index is -0.781. The van der Waals surface area contributed by atoms with Gasteiger partial charge in [-0.05, 0) is 109 Å². The molecule has 0 saturated heterocycles. The maximum Gasteiger partial charge on any atom is 0.306 e. The molecule has 0 heterocycles. The van der Waals surface area contributed by atoms with Crippen LogP contribution >= 0.6 is 0 Å². The molecule has 6 heteroatoms. The Bertz CT molecular complexity index is 1610. The van der Waals surface area contributed by atoms with Gasteiger partial charge < -0.3 is 14.2 Å². The van der Waals surface area contributed by atoms with E-state index in [0.29, 0.717) is 19.3 Å². The van der Waals surface area contributed by atoms with Crippen molar-refractivity contribution in [2.75, 3.05) is 13.2 Å². The molecule has 0 saturated carbocycles. The van der Waals surface area contributed by atoms with Gasteiger partial charge in [0.05, 0.1) is 0 Å². The molecule has 0 aromatic rings. The van der Waals surface area contributed by atoms with E-state index in [9.17, 15) is 14.4 Å². The summed E-state index contributed by atoms with van der Waals surface area (Å²) in [6.45, 7) is 6.47. The molecule has 0 bridgehead atoms. The minimum absolute atomic E-state index is 0.0804. The van der Waals surface area contributed by atoms with Crippen molar-refractivity contribution in [2.24, 2.45) is 0 Å². The van der Waals surface area contributed by atoms with Crippen LogP contribution in [0.25, 0.3) is 0 Å². The fraction of sp³-hybridized carbons (Fsp3) is 0.716. The molecule has 6 nitrogen and oxygen atoms in total. The molecule has 1 unspecified atom stereocenters. The Hall–Kier alpha value is -3.93. The van der Waals surface area contributed by atoms with Crippen molar-refractivity contribution in [3.05, 3.63) is 109 Å². The van der Waals surface area contributed by atoms with E-state index in [0.717, 1.165) is 116 Å². The zero-order valence-electron chi connectivity index (χ0n) is 52.6. The molecule has 0 amide bonds. The van der Waals surface area contributed by atoms with Gasteiger partial charge >= 0.3 is 17.9 Å². The smallest absolute Gasteiger partial charge is 0.306 e. The van der Waals surface area contributed by atoms with E-state index in [1.165, 1.54) is 167 Å². The number of carbonyl (C=O) groups is 3. The first-order valence-corrected chi connectivity index (χ1v) is 33.9. The second-order valence-corrected chi connectivity index (χ2v) is 22.4. The van der Waals surface area contributed by atoms with E-state index in [1.54, 1.807) is 0 Å². The van der Waals surface area contributed by atoms with Crippen LogP contribution in [0.5, 0.6) is 0 Å². The van der Waals surface area contributed by atoms with Gasteiger partial charge in [-0.2, -0.15) is 0 Å². The molecule has 458 valence electrons. The third kappa shape index (κ3) is 64.9. The number of carbonyl (C=O) groups excluding carboxylic acids is 3. The fourth-order valence-electron chi connectivity index (χ4n) is 9.45. The van der Waals surface area contributed by atoms with Gasteiger partial charge in [-0.1, -0.05) is 304 Å². The quantitative estimate of drug-likeness (QED) is 0.0261. The first kappa shape index (κ1) is 76.1. The van der Waals surface area contributed by atoms with Gasteiger partial charge in [0.15, 0.2) is 6.10 Å². The number of esters is 3. The highest BCUT2D eigenvalue weighted by atomic mass is 16.6. The molecule has 0 aromatic heterocycles. The summed E-state index contributed by atoms with van der Waals surface area (Å²) in [6, 6.07) is 0. The maximum absolute atomic E-state index is 12.9. The van der Waals surface area contributed by atoms with Crippen LogP contribution in [-0.2, 0) is 28.6 Å². The van der Waals surface area contributed by atoms with Crippen LogP contribution in [0.15, 0.2) is 109 Å². The number of ether oxygens (including phenoxy) is 3. The zero-order chi connectivity index (χ0) is 57.8. The summed E-state index contributed by atoms with van der Waals surface area (Å²) in [5.41, 5.74) is 0. The van der Waals surface area contributed by atoms with Gasteiger partial charge in [-0.3, -0.25) is 14.4 Å². The van der Waals surface area contributed by atoms with Crippen molar-refractivity contribution in [3.63, 3.8) is 0 Å². The molecule has 0 aliphatic heterocycles. The van der Waals surface area contributed by atoms with Gasteiger partial charge in [-0.25, -0.2) is 0 Å². The second kappa shape index (κ2) is 67.6. The zero-order valence-corrected chi connectivity index (χ0v) is 52.6. The molecule has 80 heavy (non-hydrogen) atoms. The highest BCUT2D eigenvalue weighted by Gasteiger charge is 2.19. The Kier molecular flexibility index (Phi) is 64.3. The molecule has 0 radical (unpaired) electrons. The highest BCUT2D eigenvalue weighted by Crippen LogP contribution is 2.17. The third-order valence-electron chi connectivity index (χ3n) is 14.5. The summed E-state index contributed by atoms with van der Waals surface area (Å²) >= 11 is 0. The van der Waals surface area contributed by atoms with Gasteiger partial charge in [0.2, 0.25) is 0 Å². The van der Waals surface area contributed by atoms with Crippen molar-refractivity contribution < 1.29 is 28.6 Å². The molecule has 0 N–H and O–H groups in total. The van der Waals surface area contributed by atoms with Gasteiger partial charge in [-0.15, -0.1) is 0 Å². The summed E-state index contributed by atoms with van der Waals surface area (Å²) in [5.74, 6) is -0.893. The van der Waals surface area contributed by atoms with Crippen LogP contribution in [0.4, 0.5) is 0 Å². The van der Waals surface area contributed by atoms with Crippen molar-refractivity contribution in [1.82, 2.24) is 0 Å². The molecule has 0 rings (SSSR count). The first-order valence-electron chi connectivity index (χ1n) is 33.9. The van der Waals surface area contributed by atoms with E-state index in [1.807, 2.05) is 0 Å². The van der Waals surface area contributed by atoms with Crippen molar-refractivity contribution in [2.45, 2.75) is 329 Å². The number of hydrogen-bond acceptors (Lipinski definition) is 6. The Morgan fingerprint density at radius 1 is 0.263 bits per heavy atom. The summed E-state index contributed by atoms with van der Waals surface area (Å²) in [5, 5.41) is 0. The summed E-state index contributed by atoms with van der Waals surface area (Å²) in [4.78, 5) is 38.1. The Labute approximate surface area is 495 Å².